The van der Waals surface area contributed by atoms with Crippen LogP contribution in [-0.2, 0) is 33.6 Å². The molecule has 1 fully saturated rings. The van der Waals surface area contributed by atoms with Crippen LogP contribution in [0.2, 0.25) is 0 Å². The van der Waals surface area contributed by atoms with Gasteiger partial charge in [0.25, 0.3) is 0 Å². The van der Waals surface area contributed by atoms with E-state index in [0.717, 1.165) is 45.7 Å². The Hall–Kier alpha value is -3.62. The Labute approximate surface area is 234 Å². The summed E-state index contributed by atoms with van der Waals surface area (Å²) < 4.78 is 45.5. The zero-order valence-corrected chi connectivity index (χ0v) is 23.2. The highest BCUT2D eigenvalue weighted by Gasteiger charge is 2.44. The van der Waals surface area contributed by atoms with Crippen LogP contribution in [0.4, 0.5) is 13.2 Å². The molecule has 0 aliphatic carbocycles. The largest absolute Gasteiger partial charge is 0.491 e. The number of nitriles is 1. The molecule has 0 saturated carbocycles. The molecule has 0 spiro atoms. The normalized spacial score (nSPS) is 14.2. The first-order valence-electron chi connectivity index (χ1n) is 13.0. The highest BCUT2D eigenvalue weighted by molar-refractivity contribution is 7.09. The van der Waals surface area contributed by atoms with E-state index in [-0.39, 0.29) is 13.1 Å². The fourth-order valence-corrected chi connectivity index (χ4v) is 5.46. The lowest BCUT2D eigenvalue weighted by atomic mass is 9.94. The van der Waals surface area contributed by atoms with Gasteiger partial charge in [0.1, 0.15) is 5.01 Å². The number of halogens is 3. The van der Waals surface area contributed by atoms with E-state index in [0.29, 0.717) is 30.3 Å². The first-order chi connectivity index (χ1) is 19.0. The molecule has 1 aliphatic rings. The van der Waals surface area contributed by atoms with Crippen molar-refractivity contribution in [1.82, 2.24) is 14.3 Å². The van der Waals surface area contributed by atoms with Gasteiger partial charge in [-0.05, 0) is 59.5 Å². The van der Waals surface area contributed by atoms with Crippen molar-refractivity contribution in [1.29, 1.82) is 5.26 Å². The highest BCUT2D eigenvalue weighted by Crippen LogP contribution is 2.31. The van der Waals surface area contributed by atoms with Crippen LogP contribution in [0, 0.1) is 23.2 Å². The molecule has 1 aromatic heterocycles. The molecule has 1 saturated heterocycles. The molecule has 0 radical (unpaired) electrons. The van der Waals surface area contributed by atoms with Gasteiger partial charge in [0.2, 0.25) is 0 Å². The predicted octanol–water partition coefficient (Wildman–Crippen LogP) is 5.61. The number of benzene rings is 2. The van der Waals surface area contributed by atoms with E-state index in [9.17, 15) is 28.0 Å². The second-order valence-corrected chi connectivity index (χ2v) is 11.0. The van der Waals surface area contributed by atoms with Crippen molar-refractivity contribution in [3.8, 4) is 28.0 Å². The van der Waals surface area contributed by atoms with Crippen molar-refractivity contribution in [3.05, 3.63) is 58.7 Å². The van der Waals surface area contributed by atoms with Crippen molar-refractivity contribution in [2.24, 2.45) is 11.8 Å². The summed E-state index contributed by atoms with van der Waals surface area (Å²) in [7, 11) is 0. The first kappa shape index (κ1) is 29.4. The molecule has 1 aliphatic heterocycles. The summed E-state index contributed by atoms with van der Waals surface area (Å²) in [5, 5.41) is 10.4. The van der Waals surface area contributed by atoms with Crippen LogP contribution in [0.25, 0.3) is 22.0 Å². The second-order valence-electron chi connectivity index (χ2n) is 10.2. The number of hydrogen-bond acceptors (Lipinski definition) is 8. The molecule has 2 aromatic carbocycles. The van der Waals surface area contributed by atoms with Crippen molar-refractivity contribution in [2.45, 2.75) is 46.2 Å². The molecule has 0 unspecified atom stereocenters. The summed E-state index contributed by atoms with van der Waals surface area (Å²) in [4.78, 5) is 29.4. The lowest BCUT2D eigenvalue weighted by molar-refractivity contribution is -0.204. The number of alkyl halides is 3. The Bertz CT molecular complexity index is 1440. The fraction of sp³-hybridized carbons (Fsp3) is 0.414. The third-order valence-electron chi connectivity index (χ3n) is 6.81. The Balaban J connectivity index is 1.42. The lowest BCUT2D eigenvalue weighted by Crippen LogP contribution is -2.52. The molecule has 2 heterocycles. The van der Waals surface area contributed by atoms with Crippen molar-refractivity contribution in [3.63, 3.8) is 0 Å². The van der Waals surface area contributed by atoms with Crippen molar-refractivity contribution in [2.75, 3.05) is 19.6 Å². The molecule has 4 rings (SSSR count). The molecular weight excluding hydrogens is 541 g/mol. The van der Waals surface area contributed by atoms with Gasteiger partial charge in [-0.3, -0.25) is 4.79 Å². The quantitative estimate of drug-likeness (QED) is 0.244. The zero-order valence-electron chi connectivity index (χ0n) is 22.4. The van der Waals surface area contributed by atoms with Gasteiger partial charge in [0.05, 0.1) is 17.6 Å². The number of esters is 2. The maximum atomic E-state index is 12.3. The molecular formula is C29H29F3N4O3S. The molecule has 210 valence electrons. The number of carbonyl (C=O) groups excluding carboxylic acids is 2. The second kappa shape index (κ2) is 12.3. The van der Waals surface area contributed by atoms with E-state index in [2.05, 4.69) is 36.0 Å². The molecule has 3 aromatic rings. The standard InChI is InChI=1S/C29H29F3N4O3S/c1-4-23-18(10-11-36-15-22(16-36)27(37)39-28(38)29(30,31)32)6-5-7-24(23)25-34-26(40-35-25)20-9-8-19(12-17(2)3)21(13-20)14-33/h5-9,13,17,22H,4,10-12,15-16H2,1-3H3. The minimum absolute atomic E-state index is 0.239. The maximum absolute atomic E-state index is 12.3. The lowest BCUT2D eigenvalue weighted by Gasteiger charge is -2.37. The third kappa shape index (κ3) is 6.74. The van der Waals surface area contributed by atoms with Crippen molar-refractivity contribution >= 4 is 23.5 Å². The van der Waals surface area contributed by atoms with Crippen LogP contribution in [0.15, 0.2) is 36.4 Å². The van der Waals surface area contributed by atoms with Gasteiger partial charge in [0, 0.05) is 30.8 Å². The predicted molar refractivity (Wildman–Crippen MR) is 144 cm³/mol. The Kier molecular flexibility index (Phi) is 9.01. The number of likely N-dealkylation sites (tertiary alicyclic amines) is 1. The average Bonchev–Trinajstić information content (AvgIpc) is 3.37. The minimum Gasteiger partial charge on any atom is -0.386 e. The molecule has 0 bridgehead atoms. The van der Waals surface area contributed by atoms with Gasteiger partial charge in [0.15, 0.2) is 5.82 Å². The van der Waals surface area contributed by atoms with Crippen LogP contribution in [-0.4, -0.2) is 52.0 Å². The van der Waals surface area contributed by atoms with Gasteiger partial charge in [-0.1, -0.05) is 51.1 Å². The van der Waals surface area contributed by atoms with Crippen molar-refractivity contribution < 1.29 is 27.5 Å². The van der Waals surface area contributed by atoms with E-state index >= 15 is 0 Å². The number of hydrogen-bond donors (Lipinski definition) is 0. The number of nitrogens with zero attached hydrogens (tertiary/aromatic N) is 4. The minimum atomic E-state index is -5.19. The van der Waals surface area contributed by atoms with Gasteiger partial charge in [-0.25, -0.2) is 9.78 Å². The van der Waals surface area contributed by atoms with Crippen LogP contribution in [0.1, 0.15) is 43.0 Å². The van der Waals surface area contributed by atoms with Crippen LogP contribution in [0.5, 0.6) is 0 Å². The van der Waals surface area contributed by atoms with Crippen LogP contribution in [0.3, 0.4) is 0 Å². The topological polar surface area (TPSA) is 96.2 Å². The van der Waals surface area contributed by atoms with E-state index in [1.165, 1.54) is 11.5 Å². The van der Waals surface area contributed by atoms with Gasteiger partial charge in [-0.15, -0.1) is 0 Å². The monoisotopic (exact) mass is 570 g/mol. The van der Waals surface area contributed by atoms with E-state index in [1.807, 2.05) is 41.3 Å². The fourth-order valence-electron chi connectivity index (χ4n) is 4.79. The molecule has 0 amide bonds. The van der Waals surface area contributed by atoms with Crippen LogP contribution < -0.4 is 0 Å². The average molecular weight is 571 g/mol. The van der Waals surface area contributed by atoms with Gasteiger partial charge >= 0.3 is 18.1 Å². The first-order valence-corrected chi connectivity index (χ1v) is 13.8. The molecule has 0 N–H and O–H groups in total. The van der Waals surface area contributed by atoms with E-state index in [4.69, 9.17) is 4.98 Å². The van der Waals surface area contributed by atoms with E-state index < -0.39 is 24.0 Å². The summed E-state index contributed by atoms with van der Waals surface area (Å²) >= 11 is 1.28. The molecule has 11 heteroatoms. The molecule has 0 atom stereocenters. The smallest absolute Gasteiger partial charge is 0.386 e. The number of carbonyl (C=O) groups is 2. The Morgan fingerprint density at radius 3 is 2.60 bits per heavy atom. The summed E-state index contributed by atoms with van der Waals surface area (Å²) in [6.45, 7) is 7.37. The summed E-state index contributed by atoms with van der Waals surface area (Å²) in [5.74, 6) is -3.31. The summed E-state index contributed by atoms with van der Waals surface area (Å²) in [6, 6.07) is 14.1. The van der Waals surface area contributed by atoms with Gasteiger partial charge in [-0.2, -0.15) is 22.8 Å². The van der Waals surface area contributed by atoms with E-state index in [1.54, 1.807) is 0 Å². The highest BCUT2D eigenvalue weighted by atomic mass is 32.1. The van der Waals surface area contributed by atoms with Gasteiger partial charge < -0.3 is 9.64 Å². The maximum Gasteiger partial charge on any atom is 0.491 e. The Morgan fingerprint density at radius 2 is 1.95 bits per heavy atom. The molecule has 40 heavy (non-hydrogen) atoms. The number of ether oxygens (including phenoxy) is 1. The zero-order chi connectivity index (χ0) is 29.0. The Morgan fingerprint density at radius 1 is 1.20 bits per heavy atom. The van der Waals surface area contributed by atoms with Crippen LogP contribution >= 0.6 is 11.5 Å². The third-order valence-corrected chi connectivity index (χ3v) is 7.58. The summed E-state index contributed by atoms with van der Waals surface area (Å²) in [5.41, 5.74) is 5.64. The SMILES string of the molecule is CCc1c(CCN2CC(C(=O)OC(=O)C(F)(F)F)C2)cccc1-c1nsc(-c2ccc(CC(C)C)c(C#N)c2)n1. The number of aromatic nitrogens is 2. The summed E-state index contributed by atoms with van der Waals surface area (Å²) in [6.07, 6.45) is -2.94. The molecule has 7 nitrogen and oxygen atoms in total. The number of rotatable bonds is 9.